The molecule has 0 aliphatic carbocycles. The highest BCUT2D eigenvalue weighted by Gasteiger charge is 2.20. The van der Waals surface area contributed by atoms with Gasteiger partial charge in [0.25, 0.3) is 0 Å². The van der Waals surface area contributed by atoms with Gasteiger partial charge in [0.05, 0.1) is 13.2 Å². The Balaban J connectivity index is 0.00000280. The summed E-state index contributed by atoms with van der Waals surface area (Å²) in [5.74, 6) is 2.52. The van der Waals surface area contributed by atoms with Gasteiger partial charge in [-0.15, -0.1) is 24.0 Å². The third-order valence-electron chi connectivity index (χ3n) is 5.41. The van der Waals surface area contributed by atoms with Gasteiger partial charge in [0.15, 0.2) is 17.5 Å². The first-order valence-electron chi connectivity index (χ1n) is 10.4. The van der Waals surface area contributed by atoms with E-state index in [0.29, 0.717) is 13.2 Å². The molecular weight excluding hydrogens is 467 g/mol. The van der Waals surface area contributed by atoms with E-state index in [0.717, 1.165) is 55.2 Å². The summed E-state index contributed by atoms with van der Waals surface area (Å²) in [5, 5.41) is 6.84. The Morgan fingerprint density at radius 1 is 1.14 bits per heavy atom. The second-order valence-corrected chi connectivity index (χ2v) is 7.28. The fourth-order valence-electron chi connectivity index (χ4n) is 3.86. The maximum atomic E-state index is 5.77. The maximum absolute atomic E-state index is 5.77. The van der Waals surface area contributed by atoms with Crippen molar-refractivity contribution in [1.29, 1.82) is 0 Å². The van der Waals surface area contributed by atoms with Crippen LogP contribution < -0.4 is 20.1 Å². The van der Waals surface area contributed by atoms with Gasteiger partial charge in [-0.05, 0) is 43.5 Å². The first-order valence-corrected chi connectivity index (χ1v) is 10.4. The fraction of sp³-hybridized carbons (Fsp3) is 0.667. The highest BCUT2D eigenvalue weighted by Crippen LogP contribution is 2.30. The molecule has 0 amide bonds. The lowest BCUT2D eigenvalue weighted by Gasteiger charge is -2.35. The van der Waals surface area contributed by atoms with E-state index >= 15 is 0 Å². The summed E-state index contributed by atoms with van der Waals surface area (Å²) in [6.07, 6.45) is 6.22. The second-order valence-electron chi connectivity index (χ2n) is 7.28. The van der Waals surface area contributed by atoms with Crippen molar-refractivity contribution in [2.45, 2.75) is 51.6 Å². The first-order chi connectivity index (χ1) is 13.3. The smallest absolute Gasteiger partial charge is 0.191 e. The summed E-state index contributed by atoms with van der Waals surface area (Å²) in [6.45, 7) is 7.65. The Bertz CT molecular complexity index is 626. The highest BCUT2D eigenvalue weighted by molar-refractivity contribution is 14.0. The summed E-state index contributed by atoms with van der Waals surface area (Å²) in [5.41, 5.74) is 1.16. The number of rotatable bonds is 6. The van der Waals surface area contributed by atoms with Crippen LogP contribution in [0.25, 0.3) is 0 Å². The molecule has 158 valence electrons. The van der Waals surface area contributed by atoms with Gasteiger partial charge in [-0.25, -0.2) is 0 Å². The lowest BCUT2D eigenvalue weighted by Crippen LogP contribution is -2.45. The van der Waals surface area contributed by atoms with Gasteiger partial charge >= 0.3 is 0 Å². The van der Waals surface area contributed by atoms with E-state index in [2.05, 4.69) is 39.6 Å². The molecule has 3 rings (SSSR count). The van der Waals surface area contributed by atoms with E-state index in [-0.39, 0.29) is 24.0 Å². The molecule has 28 heavy (non-hydrogen) atoms. The standard InChI is InChI=1S/C21H34N4O2.HI/c1-3-18-7-4-5-11-25(18)12-10-23-21(22-2)24-16-17-8-9-19-20(15-17)27-14-6-13-26-19;/h8-9,15,18H,3-7,10-14,16H2,1-2H3,(H2,22,23,24);1H. The zero-order chi connectivity index (χ0) is 18.9. The molecule has 1 saturated heterocycles. The van der Waals surface area contributed by atoms with Crippen LogP contribution in [-0.4, -0.2) is 56.8 Å². The van der Waals surface area contributed by atoms with Crippen molar-refractivity contribution >= 4 is 29.9 Å². The number of guanidine groups is 1. The predicted molar refractivity (Wildman–Crippen MR) is 125 cm³/mol. The molecule has 0 bridgehead atoms. The molecule has 1 atom stereocenters. The number of hydrogen-bond acceptors (Lipinski definition) is 4. The molecule has 1 aromatic rings. The zero-order valence-corrected chi connectivity index (χ0v) is 19.5. The number of halogens is 1. The Hall–Kier alpha value is -1.22. The van der Waals surface area contributed by atoms with Crippen LogP contribution in [0.1, 0.15) is 44.6 Å². The Kier molecular flexibility index (Phi) is 10.2. The van der Waals surface area contributed by atoms with Crippen molar-refractivity contribution in [2.75, 3.05) is 39.9 Å². The van der Waals surface area contributed by atoms with Crippen molar-refractivity contribution in [3.05, 3.63) is 23.8 Å². The van der Waals surface area contributed by atoms with E-state index in [4.69, 9.17) is 9.47 Å². The summed E-state index contributed by atoms with van der Waals surface area (Å²) >= 11 is 0. The van der Waals surface area contributed by atoms with E-state index in [1.807, 2.05) is 13.1 Å². The van der Waals surface area contributed by atoms with Crippen molar-refractivity contribution in [3.63, 3.8) is 0 Å². The molecule has 0 radical (unpaired) electrons. The van der Waals surface area contributed by atoms with Crippen LogP contribution in [0, 0.1) is 0 Å². The molecule has 0 saturated carbocycles. The van der Waals surface area contributed by atoms with E-state index in [1.165, 1.54) is 32.2 Å². The summed E-state index contributed by atoms with van der Waals surface area (Å²) in [6, 6.07) is 6.88. The Morgan fingerprint density at radius 2 is 1.96 bits per heavy atom. The maximum Gasteiger partial charge on any atom is 0.191 e. The molecule has 2 heterocycles. The number of nitrogens with one attached hydrogen (secondary N) is 2. The van der Waals surface area contributed by atoms with E-state index < -0.39 is 0 Å². The number of aliphatic imine (C=N–C) groups is 1. The monoisotopic (exact) mass is 502 g/mol. The first kappa shape index (κ1) is 23.1. The molecule has 1 unspecified atom stereocenters. The number of hydrogen-bond donors (Lipinski definition) is 2. The number of ether oxygens (including phenoxy) is 2. The van der Waals surface area contributed by atoms with Crippen LogP contribution in [-0.2, 0) is 6.54 Å². The van der Waals surface area contributed by atoms with Crippen molar-refractivity contribution in [3.8, 4) is 11.5 Å². The van der Waals surface area contributed by atoms with Gasteiger partial charge in [0.2, 0.25) is 0 Å². The topological polar surface area (TPSA) is 58.1 Å². The Morgan fingerprint density at radius 3 is 2.75 bits per heavy atom. The lowest BCUT2D eigenvalue weighted by molar-refractivity contribution is 0.147. The highest BCUT2D eigenvalue weighted by atomic mass is 127. The van der Waals surface area contributed by atoms with E-state index in [9.17, 15) is 0 Å². The van der Waals surface area contributed by atoms with Gasteiger partial charge in [0, 0.05) is 39.1 Å². The quantitative estimate of drug-likeness (QED) is 0.355. The molecule has 2 aliphatic heterocycles. The molecular formula is C21H35IN4O2. The van der Waals surface area contributed by atoms with Gasteiger partial charge in [-0.3, -0.25) is 9.89 Å². The summed E-state index contributed by atoms with van der Waals surface area (Å²) < 4.78 is 11.5. The molecule has 2 aliphatic rings. The molecule has 2 N–H and O–H groups in total. The number of benzene rings is 1. The average molecular weight is 502 g/mol. The number of likely N-dealkylation sites (tertiary alicyclic amines) is 1. The number of nitrogens with zero attached hydrogens (tertiary/aromatic N) is 2. The van der Waals surface area contributed by atoms with Gasteiger partial charge in [0.1, 0.15) is 0 Å². The minimum Gasteiger partial charge on any atom is -0.490 e. The predicted octanol–water partition coefficient (Wildman–Crippen LogP) is 3.40. The van der Waals surface area contributed by atoms with Crippen LogP contribution in [0.2, 0.25) is 0 Å². The van der Waals surface area contributed by atoms with Gasteiger partial charge in [-0.1, -0.05) is 19.4 Å². The van der Waals surface area contributed by atoms with Crippen LogP contribution in [0.4, 0.5) is 0 Å². The average Bonchev–Trinajstić information content (AvgIpc) is 2.95. The van der Waals surface area contributed by atoms with Crippen molar-refractivity contribution in [2.24, 2.45) is 4.99 Å². The summed E-state index contributed by atoms with van der Waals surface area (Å²) in [7, 11) is 1.82. The lowest BCUT2D eigenvalue weighted by atomic mass is 10.0. The largest absolute Gasteiger partial charge is 0.490 e. The molecule has 0 spiro atoms. The second kappa shape index (κ2) is 12.4. The van der Waals surface area contributed by atoms with Crippen LogP contribution >= 0.6 is 24.0 Å². The summed E-state index contributed by atoms with van der Waals surface area (Å²) in [4.78, 5) is 6.97. The Labute approximate surface area is 186 Å². The molecule has 1 aromatic carbocycles. The van der Waals surface area contributed by atoms with Crippen molar-refractivity contribution < 1.29 is 9.47 Å². The van der Waals surface area contributed by atoms with Gasteiger partial charge in [-0.2, -0.15) is 0 Å². The number of fused-ring (bicyclic) bond motifs is 1. The third-order valence-corrected chi connectivity index (χ3v) is 5.41. The normalized spacial score (nSPS) is 20.1. The fourth-order valence-corrected chi connectivity index (χ4v) is 3.86. The van der Waals surface area contributed by atoms with E-state index in [1.54, 1.807) is 0 Å². The van der Waals surface area contributed by atoms with Crippen LogP contribution in [0.3, 0.4) is 0 Å². The van der Waals surface area contributed by atoms with Gasteiger partial charge < -0.3 is 20.1 Å². The minimum atomic E-state index is 0. The SMILES string of the molecule is CCC1CCCCN1CCNC(=NC)NCc1ccc2c(c1)OCCCO2.I. The minimum absolute atomic E-state index is 0. The molecule has 0 aromatic heterocycles. The van der Waals surface area contributed by atoms with Crippen molar-refractivity contribution in [1.82, 2.24) is 15.5 Å². The zero-order valence-electron chi connectivity index (χ0n) is 17.2. The number of piperidine rings is 1. The third kappa shape index (κ3) is 6.69. The molecule has 6 nitrogen and oxygen atoms in total. The van der Waals surface area contributed by atoms with Crippen LogP contribution in [0.15, 0.2) is 23.2 Å². The molecule has 7 heteroatoms. The molecule has 1 fully saturated rings. The van der Waals surface area contributed by atoms with Crippen LogP contribution in [0.5, 0.6) is 11.5 Å².